The smallest absolute Gasteiger partial charge is 0.237 e. The molecule has 2 atom stereocenters. The molecule has 1 amide bonds. The number of halogens is 2. The van der Waals surface area contributed by atoms with E-state index in [0.717, 1.165) is 25.1 Å². The normalized spacial score (nSPS) is 17.0. The minimum absolute atomic E-state index is 0. The molecule has 142 valence electrons. The maximum atomic E-state index is 12.2. The number of hydrogen-bond acceptors (Lipinski definition) is 3. The Labute approximate surface area is 168 Å². The van der Waals surface area contributed by atoms with Crippen LogP contribution in [0.4, 0.5) is 5.69 Å². The topological polar surface area (TPSA) is 58.4 Å². The molecule has 0 spiro atoms. The highest BCUT2D eigenvalue weighted by Crippen LogP contribution is 2.22. The molecule has 1 saturated heterocycles. The summed E-state index contributed by atoms with van der Waals surface area (Å²) in [4.78, 5) is 14.6. The van der Waals surface area contributed by atoms with E-state index in [9.17, 15) is 4.79 Å². The second-order valence-corrected chi connectivity index (χ2v) is 6.48. The van der Waals surface area contributed by atoms with Crippen molar-refractivity contribution in [2.45, 2.75) is 18.9 Å². The monoisotopic (exact) mass is 395 g/mol. The van der Waals surface area contributed by atoms with Gasteiger partial charge in [0.1, 0.15) is 0 Å². The molecule has 2 unspecified atom stereocenters. The van der Waals surface area contributed by atoms with Gasteiger partial charge in [-0.2, -0.15) is 0 Å². The third-order valence-electron chi connectivity index (χ3n) is 4.61. The summed E-state index contributed by atoms with van der Waals surface area (Å²) in [5.74, 6) is 0.426. The van der Waals surface area contributed by atoms with Gasteiger partial charge in [-0.1, -0.05) is 48.5 Å². The van der Waals surface area contributed by atoms with E-state index in [0.29, 0.717) is 18.9 Å². The summed E-state index contributed by atoms with van der Waals surface area (Å²) in [5, 5.41) is 3.03. The molecule has 1 aliphatic heterocycles. The van der Waals surface area contributed by atoms with Crippen molar-refractivity contribution in [3.05, 3.63) is 66.2 Å². The Kier molecular flexibility index (Phi) is 9.49. The summed E-state index contributed by atoms with van der Waals surface area (Å²) < 4.78 is 0. The summed E-state index contributed by atoms with van der Waals surface area (Å²) in [6.07, 6.45) is 1.68. The van der Waals surface area contributed by atoms with Crippen LogP contribution < -0.4 is 16.0 Å². The van der Waals surface area contributed by atoms with Crippen molar-refractivity contribution >= 4 is 36.4 Å². The molecular formula is C20H27Cl2N3O. The third-order valence-corrected chi connectivity index (χ3v) is 4.61. The number of rotatable bonds is 6. The summed E-state index contributed by atoms with van der Waals surface area (Å²) in [5.41, 5.74) is 8.38. The first-order valence-corrected chi connectivity index (χ1v) is 8.59. The van der Waals surface area contributed by atoms with Crippen molar-refractivity contribution in [1.82, 2.24) is 5.32 Å². The summed E-state index contributed by atoms with van der Waals surface area (Å²) >= 11 is 0. The Bertz CT molecular complexity index is 655. The maximum absolute atomic E-state index is 12.2. The number of para-hydroxylation sites is 1. The standard InChI is InChI=1S/C20H25N3O.2ClH/c21-19(13-16-7-3-1-4-8-16)20(24)22-14-17-11-12-23(15-17)18-9-5-2-6-10-18;;/h1-10,17,19H,11-15,21H2,(H,22,24);2*1H. The molecule has 0 saturated carbocycles. The van der Waals surface area contributed by atoms with Gasteiger partial charge >= 0.3 is 0 Å². The zero-order chi connectivity index (χ0) is 16.8. The number of amides is 1. The molecule has 26 heavy (non-hydrogen) atoms. The molecule has 0 aliphatic carbocycles. The van der Waals surface area contributed by atoms with Gasteiger partial charge in [0.25, 0.3) is 0 Å². The number of nitrogens with zero attached hydrogens (tertiary/aromatic N) is 1. The predicted octanol–water partition coefficient (Wildman–Crippen LogP) is 3.04. The van der Waals surface area contributed by atoms with E-state index in [1.54, 1.807) is 0 Å². The Morgan fingerprint density at radius 2 is 1.69 bits per heavy atom. The SMILES string of the molecule is Cl.Cl.NC(Cc1ccccc1)C(=O)NCC1CCN(c2ccccc2)C1. The fourth-order valence-electron chi connectivity index (χ4n) is 3.21. The lowest BCUT2D eigenvalue weighted by atomic mass is 10.1. The Morgan fingerprint density at radius 1 is 1.08 bits per heavy atom. The average Bonchev–Trinajstić information content (AvgIpc) is 3.10. The molecular weight excluding hydrogens is 369 g/mol. The minimum atomic E-state index is -0.487. The van der Waals surface area contributed by atoms with Gasteiger partial charge in [0.05, 0.1) is 6.04 Å². The number of carbonyl (C=O) groups is 1. The fraction of sp³-hybridized carbons (Fsp3) is 0.350. The van der Waals surface area contributed by atoms with Crippen LogP contribution in [0.15, 0.2) is 60.7 Å². The van der Waals surface area contributed by atoms with Gasteiger partial charge < -0.3 is 16.0 Å². The van der Waals surface area contributed by atoms with Crippen molar-refractivity contribution in [3.8, 4) is 0 Å². The first kappa shape index (κ1) is 22.3. The Balaban J connectivity index is 0.00000169. The first-order chi connectivity index (χ1) is 11.7. The Hall–Kier alpha value is -1.75. The van der Waals surface area contributed by atoms with E-state index in [1.807, 2.05) is 36.4 Å². The zero-order valence-electron chi connectivity index (χ0n) is 14.7. The lowest BCUT2D eigenvalue weighted by molar-refractivity contribution is -0.122. The molecule has 4 nitrogen and oxygen atoms in total. The number of carbonyl (C=O) groups excluding carboxylic acids is 1. The van der Waals surface area contributed by atoms with Gasteiger partial charge in [0.15, 0.2) is 0 Å². The average molecular weight is 396 g/mol. The zero-order valence-corrected chi connectivity index (χ0v) is 16.3. The van der Waals surface area contributed by atoms with Crippen LogP contribution in [0.2, 0.25) is 0 Å². The highest BCUT2D eigenvalue weighted by atomic mass is 35.5. The van der Waals surface area contributed by atoms with Gasteiger partial charge in [0.2, 0.25) is 5.91 Å². The molecule has 0 radical (unpaired) electrons. The van der Waals surface area contributed by atoms with Crippen LogP contribution in [0.25, 0.3) is 0 Å². The van der Waals surface area contributed by atoms with E-state index in [4.69, 9.17) is 5.73 Å². The van der Waals surface area contributed by atoms with Gasteiger partial charge in [0, 0.05) is 25.3 Å². The van der Waals surface area contributed by atoms with Crippen LogP contribution in [0, 0.1) is 5.92 Å². The molecule has 1 aliphatic rings. The van der Waals surface area contributed by atoms with Crippen molar-refractivity contribution in [3.63, 3.8) is 0 Å². The second kappa shape index (κ2) is 11.1. The van der Waals surface area contributed by atoms with E-state index < -0.39 is 6.04 Å². The number of nitrogens with two attached hydrogens (primary N) is 1. The molecule has 0 bridgehead atoms. The first-order valence-electron chi connectivity index (χ1n) is 8.59. The largest absolute Gasteiger partial charge is 0.371 e. The number of hydrogen-bond donors (Lipinski definition) is 2. The van der Waals surface area contributed by atoms with Crippen LogP contribution in [0.5, 0.6) is 0 Å². The summed E-state index contributed by atoms with van der Waals surface area (Å²) in [7, 11) is 0. The van der Waals surface area contributed by atoms with Crippen LogP contribution >= 0.6 is 24.8 Å². The number of benzene rings is 2. The predicted molar refractivity (Wildman–Crippen MR) is 112 cm³/mol. The Morgan fingerprint density at radius 3 is 2.35 bits per heavy atom. The van der Waals surface area contributed by atoms with E-state index in [2.05, 4.69) is 34.5 Å². The quantitative estimate of drug-likeness (QED) is 0.789. The van der Waals surface area contributed by atoms with E-state index in [-0.39, 0.29) is 30.7 Å². The minimum Gasteiger partial charge on any atom is -0.371 e. The third kappa shape index (κ3) is 6.20. The van der Waals surface area contributed by atoms with Crippen LogP contribution in [-0.4, -0.2) is 31.6 Å². The van der Waals surface area contributed by atoms with Crippen molar-refractivity contribution in [2.75, 3.05) is 24.5 Å². The van der Waals surface area contributed by atoms with Gasteiger partial charge in [-0.05, 0) is 36.5 Å². The molecule has 3 rings (SSSR count). The second-order valence-electron chi connectivity index (χ2n) is 6.48. The molecule has 2 aromatic rings. The fourth-order valence-corrected chi connectivity index (χ4v) is 3.21. The lowest BCUT2D eigenvalue weighted by Gasteiger charge is -2.19. The van der Waals surface area contributed by atoms with Crippen LogP contribution in [0.3, 0.4) is 0 Å². The van der Waals surface area contributed by atoms with E-state index >= 15 is 0 Å². The van der Waals surface area contributed by atoms with Crippen molar-refractivity contribution in [1.29, 1.82) is 0 Å². The molecule has 1 fully saturated rings. The molecule has 0 aromatic heterocycles. The van der Waals surface area contributed by atoms with Gasteiger partial charge in [-0.25, -0.2) is 0 Å². The van der Waals surface area contributed by atoms with Crippen LogP contribution in [-0.2, 0) is 11.2 Å². The lowest BCUT2D eigenvalue weighted by Crippen LogP contribution is -2.44. The van der Waals surface area contributed by atoms with Gasteiger partial charge in [-0.15, -0.1) is 24.8 Å². The van der Waals surface area contributed by atoms with Gasteiger partial charge in [-0.3, -0.25) is 4.79 Å². The highest BCUT2D eigenvalue weighted by molar-refractivity contribution is 5.85. The highest BCUT2D eigenvalue weighted by Gasteiger charge is 2.24. The molecule has 6 heteroatoms. The molecule has 3 N–H and O–H groups in total. The van der Waals surface area contributed by atoms with Crippen molar-refractivity contribution in [2.24, 2.45) is 11.7 Å². The number of nitrogens with one attached hydrogen (secondary N) is 1. The van der Waals surface area contributed by atoms with Crippen molar-refractivity contribution < 1.29 is 4.79 Å². The number of anilines is 1. The maximum Gasteiger partial charge on any atom is 0.237 e. The molecule has 2 aromatic carbocycles. The van der Waals surface area contributed by atoms with Crippen LogP contribution in [0.1, 0.15) is 12.0 Å². The summed E-state index contributed by atoms with van der Waals surface area (Å²) in [6, 6.07) is 19.8. The van der Waals surface area contributed by atoms with E-state index in [1.165, 1.54) is 5.69 Å². The summed E-state index contributed by atoms with van der Waals surface area (Å²) in [6.45, 7) is 2.73. The molecule has 1 heterocycles.